The Bertz CT molecular complexity index is 1330. The van der Waals surface area contributed by atoms with Crippen LogP contribution < -0.4 is 5.32 Å². The predicted molar refractivity (Wildman–Crippen MR) is 147 cm³/mol. The maximum absolute atomic E-state index is 14.0. The van der Waals surface area contributed by atoms with Gasteiger partial charge in [0, 0.05) is 55.0 Å². The van der Waals surface area contributed by atoms with Crippen molar-refractivity contribution in [3.05, 3.63) is 81.5 Å². The molecule has 41 heavy (non-hydrogen) atoms. The Balaban J connectivity index is 1.68. The Morgan fingerprint density at radius 2 is 1.76 bits per heavy atom. The fraction of sp³-hybridized carbons (Fsp3) is 0.414. The van der Waals surface area contributed by atoms with Crippen molar-refractivity contribution in [2.75, 3.05) is 39.3 Å². The molecule has 3 amide bonds. The number of nitrogens with zero attached hydrogens (tertiary/aromatic N) is 3. The third-order valence-electron chi connectivity index (χ3n) is 7.26. The quantitative estimate of drug-likeness (QED) is 0.452. The van der Waals surface area contributed by atoms with Gasteiger partial charge in [0.2, 0.25) is 0 Å². The van der Waals surface area contributed by atoms with Gasteiger partial charge in [-0.2, -0.15) is 13.2 Å². The highest BCUT2D eigenvalue weighted by atomic mass is 35.5. The van der Waals surface area contributed by atoms with Crippen LogP contribution >= 0.6 is 11.6 Å². The summed E-state index contributed by atoms with van der Waals surface area (Å²) in [6.07, 6.45) is -4.70. The number of rotatable bonds is 7. The number of likely N-dealkylation sites (N-methyl/N-ethyl adjacent to an activating group) is 1. The SMILES string of the molecule is CCOC(=O)C1=C(CN2CCN(C(=O)c3ccc(Cl)cc3)[C@@H](C)C2)N(CC)C(=O)N[C@H]1c1ccccc1C(F)(F)F. The van der Waals surface area contributed by atoms with E-state index in [-0.39, 0.29) is 48.5 Å². The van der Waals surface area contributed by atoms with E-state index in [2.05, 4.69) is 5.32 Å². The van der Waals surface area contributed by atoms with E-state index in [9.17, 15) is 27.6 Å². The molecule has 4 rings (SSSR count). The summed E-state index contributed by atoms with van der Waals surface area (Å²) in [6.45, 7) is 6.74. The maximum Gasteiger partial charge on any atom is 0.416 e. The summed E-state index contributed by atoms with van der Waals surface area (Å²) in [5, 5.41) is 3.13. The minimum absolute atomic E-state index is 0.00579. The average molecular weight is 593 g/mol. The number of urea groups is 1. The second-order valence-electron chi connectivity index (χ2n) is 9.88. The molecule has 2 aromatic carbocycles. The Labute approximate surface area is 241 Å². The van der Waals surface area contributed by atoms with Crippen molar-refractivity contribution in [2.24, 2.45) is 0 Å². The highest BCUT2D eigenvalue weighted by Gasteiger charge is 2.43. The summed E-state index contributed by atoms with van der Waals surface area (Å²) in [5.74, 6) is -0.941. The minimum Gasteiger partial charge on any atom is -0.463 e. The van der Waals surface area contributed by atoms with Crippen molar-refractivity contribution in [3.8, 4) is 0 Å². The first-order valence-electron chi connectivity index (χ1n) is 13.4. The summed E-state index contributed by atoms with van der Waals surface area (Å²) in [7, 11) is 0. The standard InChI is InChI=1S/C29H32ClF3N4O4/c1-4-36-23(17-35-14-15-37(18(3)16-35)26(38)19-10-12-20(30)13-11-19)24(27(39)41-5-2)25(34-28(36)40)21-8-6-7-9-22(21)29(31,32)33/h6-13,18,25H,4-5,14-17H2,1-3H3,(H,34,40)/t18-,25-/m0/s1. The third-order valence-corrected chi connectivity index (χ3v) is 7.52. The van der Waals surface area contributed by atoms with Crippen molar-refractivity contribution in [1.82, 2.24) is 20.0 Å². The molecule has 0 radical (unpaired) electrons. The molecule has 1 saturated heterocycles. The first-order chi connectivity index (χ1) is 19.5. The number of nitrogens with one attached hydrogen (secondary N) is 1. The maximum atomic E-state index is 14.0. The molecular weight excluding hydrogens is 561 g/mol. The second kappa shape index (κ2) is 12.5. The van der Waals surface area contributed by atoms with Gasteiger partial charge in [0.05, 0.1) is 23.8 Å². The van der Waals surface area contributed by atoms with E-state index in [0.717, 1.165) is 6.07 Å². The number of carbonyl (C=O) groups excluding carboxylic acids is 3. The molecule has 0 spiro atoms. The molecular formula is C29H32ClF3N4O4. The van der Waals surface area contributed by atoms with Gasteiger partial charge in [0.1, 0.15) is 0 Å². The highest BCUT2D eigenvalue weighted by Crippen LogP contribution is 2.39. The van der Waals surface area contributed by atoms with E-state index < -0.39 is 29.8 Å². The van der Waals surface area contributed by atoms with Crippen LogP contribution in [0.15, 0.2) is 59.8 Å². The van der Waals surface area contributed by atoms with Crippen LogP contribution in [0.5, 0.6) is 0 Å². The number of esters is 1. The smallest absolute Gasteiger partial charge is 0.416 e. The van der Waals surface area contributed by atoms with Gasteiger partial charge in [-0.25, -0.2) is 9.59 Å². The number of benzene rings is 2. The molecule has 1 fully saturated rings. The molecule has 2 aromatic rings. The molecule has 0 bridgehead atoms. The molecule has 2 heterocycles. The lowest BCUT2D eigenvalue weighted by molar-refractivity contribution is -0.141. The van der Waals surface area contributed by atoms with Crippen molar-refractivity contribution < 1.29 is 32.3 Å². The zero-order valence-electron chi connectivity index (χ0n) is 23.0. The Morgan fingerprint density at radius 3 is 2.37 bits per heavy atom. The predicted octanol–water partition coefficient (Wildman–Crippen LogP) is 5.11. The summed E-state index contributed by atoms with van der Waals surface area (Å²) < 4.78 is 47.2. The highest BCUT2D eigenvalue weighted by molar-refractivity contribution is 6.30. The summed E-state index contributed by atoms with van der Waals surface area (Å²) in [6, 6.07) is 9.33. The van der Waals surface area contributed by atoms with Gasteiger partial charge in [-0.3, -0.25) is 14.6 Å². The molecule has 8 nitrogen and oxygen atoms in total. The van der Waals surface area contributed by atoms with E-state index in [0.29, 0.717) is 30.2 Å². The number of carbonyl (C=O) groups is 3. The van der Waals surface area contributed by atoms with Crippen molar-refractivity contribution in [3.63, 3.8) is 0 Å². The molecule has 2 aliphatic rings. The van der Waals surface area contributed by atoms with Gasteiger partial charge in [0.15, 0.2) is 0 Å². The second-order valence-corrected chi connectivity index (χ2v) is 10.3. The van der Waals surface area contributed by atoms with Crippen LogP contribution in [0.25, 0.3) is 0 Å². The van der Waals surface area contributed by atoms with E-state index in [1.807, 2.05) is 11.8 Å². The Kier molecular flexibility index (Phi) is 9.28. The van der Waals surface area contributed by atoms with Crippen molar-refractivity contribution >= 4 is 29.5 Å². The van der Waals surface area contributed by atoms with Crippen LogP contribution in [0.3, 0.4) is 0 Å². The van der Waals surface area contributed by atoms with E-state index in [1.54, 1.807) is 43.0 Å². The molecule has 220 valence electrons. The molecule has 2 atom stereocenters. The Hall–Kier alpha value is -3.57. The van der Waals surface area contributed by atoms with Crippen molar-refractivity contribution in [1.29, 1.82) is 0 Å². The monoisotopic (exact) mass is 592 g/mol. The van der Waals surface area contributed by atoms with Gasteiger partial charge in [0.25, 0.3) is 5.91 Å². The number of ether oxygens (including phenoxy) is 1. The van der Waals surface area contributed by atoms with Gasteiger partial charge in [-0.1, -0.05) is 29.8 Å². The number of halogens is 4. The largest absolute Gasteiger partial charge is 0.463 e. The fourth-order valence-electron chi connectivity index (χ4n) is 5.35. The fourth-order valence-corrected chi connectivity index (χ4v) is 5.47. The van der Waals surface area contributed by atoms with Crippen LogP contribution in [0.1, 0.15) is 48.3 Å². The van der Waals surface area contributed by atoms with Gasteiger partial charge < -0.3 is 15.0 Å². The average Bonchev–Trinajstić information content (AvgIpc) is 2.92. The van der Waals surface area contributed by atoms with E-state index >= 15 is 0 Å². The lowest BCUT2D eigenvalue weighted by Crippen LogP contribution is -2.56. The molecule has 2 aliphatic heterocycles. The molecule has 1 N–H and O–H groups in total. The Morgan fingerprint density at radius 1 is 1.07 bits per heavy atom. The van der Waals surface area contributed by atoms with Crippen LogP contribution in [0, 0.1) is 0 Å². The summed E-state index contributed by atoms with van der Waals surface area (Å²) in [5.41, 5.74) is -0.441. The van der Waals surface area contributed by atoms with Crippen LogP contribution in [0.2, 0.25) is 5.02 Å². The van der Waals surface area contributed by atoms with Crippen molar-refractivity contribution in [2.45, 2.75) is 39.0 Å². The van der Waals surface area contributed by atoms with Crippen LogP contribution in [-0.4, -0.2) is 78.0 Å². The topological polar surface area (TPSA) is 82.2 Å². The van der Waals surface area contributed by atoms with E-state index in [1.165, 1.54) is 23.1 Å². The number of piperazine rings is 1. The van der Waals surface area contributed by atoms with Gasteiger partial charge >= 0.3 is 18.2 Å². The number of hydrogen-bond donors (Lipinski definition) is 1. The molecule has 12 heteroatoms. The van der Waals surface area contributed by atoms with Gasteiger partial charge in [-0.05, 0) is 56.7 Å². The van der Waals surface area contributed by atoms with Crippen LogP contribution in [0.4, 0.5) is 18.0 Å². The normalized spacial score (nSPS) is 20.2. The lowest BCUT2D eigenvalue weighted by atomic mass is 9.90. The zero-order chi connectivity index (χ0) is 29.9. The number of alkyl halides is 3. The van der Waals surface area contributed by atoms with Crippen LogP contribution in [-0.2, 0) is 15.7 Å². The molecule has 0 aliphatic carbocycles. The lowest BCUT2D eigenvalue weighted by Gasteiger charge is -2.43. The minimum atomic E-state index is -4.70. The third kappa shape index (κ3) is 6.51. The first-order valence-corrected chi connectivity index (χ1v) is 13.8. The van der Waals surface area contributed by atoms with E-state index in [4.69, 9.17) is 16.3 Å². The number of hydrogen-bond acceptors (Lipinski definition) is 5. The molecule has 0 aromatic heterocycles. The zero-order valence-corrected chi connectivity index (χ0v) is 23.8. The molecule has 0 unspecified atom stereocenters. The molecule has 0 saturated carbocycles. The number of amides is 3. The van der Waals surface area contributed by atoms with Gasteiger partial charge in [-0.15, -0.1) is 0 Å². The summed E-state index contributed by atoms with van der Waals surface area (Å²) >= 11 is 5.95. The first kappa shape index (κ1) is 30.4. The summed E-state index contributed by atoms with van der Waals surface area (Å²) in [4.78, 5) is 44.7.